The van der Waals surface area contributed by atoms with Crippen LogP contribution in [0.2, 0.25) is 0 Å². The highest BCUT2D eigenvalue weighted by Gasteiger charge is 2.36. The highest BCUT2D eigenvalue weighted by molar-refractivity contribution is 7.97. The number of unbranched alkanes of at least 4 members (excludes halogenated alkanes) is 4. The van der Waals surface area contributed by atoms with Crippen LogP contribution in [0.4, 0.5) is 0 Å². The van der Waals surface area contributed by atoms with Crippen LogP contribution in [0.1, 0.15) is 91.9 Å². The first kappa shape index (κ1) is 25.0. The molecule has 0 rings (SSSR count). The molecule has 0 fully saturated rings. The first-order valence-electron chi connectivity index (χ1n) is 9.78. The summed E-state index contributed by atoms with van der Waals surface area (Å²) in [5, 5.41) is -0.603. The fourth-order valence-corrected chi connectivity index (χ4v) is 3.38. The predicted molar refractivity (Wildman–Crippen MR) is 113 cm³/mol. The molecule has 25 heavy (non-hydrogen) atoms. The molecule has 3 nitrogen and oxygen atoms in total. The van der Waals surface area contributed by atoms with Crippen molar-refractivity contribution in [2.75, 3.05) is 6.61 Å². The van der Waals surface area contributed by atoms with Gasteiger partial charge in [0.1, 0.15) is 12.2 Å². The number of rotatable bonds is 16. The maximum atomic E-state index is 12.2. The molecule has 0 saturated heterocycles. The molecule has 0 aromatic carbocycles. The molecule has 0 atom stereocenters. The lowest BCUT2D eigenvalue weighted by Gasteiger charge is -2.31. The van der Waals surface area contributed by atoms with Crippen LogP contribution in [0.25, 0.3) is 0 Å². The fourth-order valence-electron chi connectivity index (χ4n) is 3.02. The van der Waals surface area contributed by atoms with Crippen LogP contribution in [0.5, 0.6) is 0 Å². The Hall–Kier alpha value is -0.0000000000000000555. The van der Waals surface area contributed by atoms with Crippen molar-refractivity contribution in [3.05, 3.63) is 0 Å². The Labute approximate surface area is 165 Å². The molecule has 0 aliphatic rings. The van der Waals surface area contributed by atoms with Gasteiger partial charge in [-0.3, -0.25) is 9.59 Å². The van der Waals surface area contributed by atoms with E-state index in [1.54, 1.807) is 0 Å². The summed E-state index contributed by atoms with van der Waals surface area (Å²) in [6.45, 7) is 8.76. The molecule has 0 aromatic rings. The van der Waals surface area contributed by atoms with Gasteiger partial charge in [-0.1, -0.05) is 79.1 Å². The van der Waals surface area contributed by atoms with Crippen LogP contribution in [0, 0.1) is 11.8 Å². The van der Waals surface area contributed by atoms with Gasteiger partial charge in [0.2, 0.25) is 10.2 Å². The average Bonchev–Trinajstić information content (AvgIpc) is 2.50. The molecule has 0 heterocycles. The lowest BCUT2D eigenvalue weighted by molar-refractivity contribution is -0.141. The van der Waals surface area contributed by atoms with Gasteiger partial charge in [-0.2, -0.15) is 0 Å². The number of ether oxygens (including phenoxy) is 1. The number of carbonyl (C=O) groups is 2. The van der Waals surface area contributed by atoms with E-state index in [9.17, 15) is 9.59 Å². The zero-order valence-electron chi connectivity index (χ0n) is 16.6. The first-order valence-corrected chi connectivity index (χ1v) is 10.7. The molecule has 0 radical (unpaired) electrons. The molecule has 0 saturated carbocycles. The molecular weight excluding hydrogens is 352 g/mol. The van der Waals surface area contributed by atoms with Gasteiger partial charge in [0.15, 0.2) is 0 Å². The van der Waals surface area contributed by atoms with E-state index in [2.05, 4.69) is 53.0 Å². The molecule has 0 bridgehead atoms. The Bertz CT molecular complexity index is 363. The fraction of sp³-hybridized carbons (Fsp3) is 0.900. The van der Waals surface area contributed by atoms with E-state index in [0.29, 0.717) is 24.7 Å². The second-order valence-electron chi connectivity index (χ2n) is 7.97. The van der Waals surface area contributed by atoms with Gasteiger partial charge >= 0.3 is 0 Å². The van der Waals surface area contributed by atoms with E-state index in [1.165, 1.54) is 12.8 Å². The number of carbonyl (C=O) groups excluding carboxylic acids is 2. The standard InChI is InChI=1S/C20H38O3S2/c1-16(2)11-7-5-9-13-20(19(22)25,23-15-18(21)24)14-10-6-8-12-17(3)4/h16-17H,5-15H2,1-4H3,(H,21,24)(H,22,25). The van der Waals surface area contributed by atoms with Crippen LogP contribution in [0.15, 0.2) is 0 Å². The Morgan fingerprint density at radius 3 is 1.56 bits per heavy atom. The quantitative estimate of drug-likeness (QED) is 0.256. The summed E-state index contributed by atoms with van der Waals surface area (Å²) < 4.78 is 5.76. The molecule has 0 aliphatic heterocycles. The van der Waals surface area contributed by atoms with Crippen molar-refractivity contribution in [3.63, 3.8) is 0 Å². The van der Waals surface area contributed by atoms with Crippen LogP contribution in [0.3, 0.4) is 0 Å². The number of thiol groups is 2. The van der Waals surface area contributed by atoms with Crippen LogP contribution in [-0.4, -0.2) is 22.4 Å². The Balaban J connectivity index is 4.58. The molecule has 0 spiro atoms. The zero-order valence-corrected chi connectivity index (χ0v) is 18.3. The third kappa shape index (κ3) is 12.9. The van der Waals surface area contributed by atoms with Crippen molar-refractivity contribution in [1.82, 2.24) is 0 Å². The minimum absolute atomic E-state index is 0.132. The van der Waals surface area contributed by atoms with Crippen molar-refractivity contribution < 1.29 is 14.3 Å². The minimum Gasteiger partial charge on any atom is -0.358 e. The van der Waals surface area contributed by atoms with E-state index in [4.69, 9.17) is 4.74 Å². The monoisotopic (exact) mass is 390 g/mol. The lowest BCUT2D eigenvalue weighted by Crippen LogP contribution is -2.40. The predicted octanol–water partition coefficient (Wildman–Crippen LogP) is 5.87. The third-order valence-electron chi connectivity index (χ3n) is 4.59. The molecule has 0 N–H and O–H groups in total. The molecule has 0 amide bonds. The van der Waals surface area contributed by atoms with Gasteiger partial charge < -0.3 is 4.74 Å². The van der Waals surface area contributed by atoms with Gasteiger partial charge in [0.05, 0.1) is 0 Å². The molecule has 148 valence electrons. The SMILES string of the molecule is CC(C)CCCCCC(CCCCCC(C)C)(OCC(=O)S)C(=O)S. The summed E-state index contributed by atoms with van der Waals surface area (Å²) in [6.07, 6.45) is 10.00. The second-order valence-corrected chi connectivity index (χ2v) is 8.87. The van der Waals surface area contributed by atoms with Crippen molar-refractivity contribution in [2.24, 2.45) is 11.8 Å². The maximum absolute atomic E-state index is 12.2. The Morgan fingerprint density at radius 2 is 1.24 bits per heavy atom. The number of hydrogen-bond donors (Lipinski definition) is 2. The van der Waals surface area contributed by atoms with Crippen molar-refractivity contribution in [1.29, 1.82) is 0 Å². The van der Waals surface area contributed by atoms with Gasteiger partial charge in [-0.25, -0.2) is 0 Å². The van der Waals surface area contributed by atoms with E-state index in [1.807, 2.05) is 0 Å². The van der Waals surface area contributed by atoms with Gasteiger partial charge in [-0.05, 0) is 24.7 Å². The van der Waals surface area contributed by atoms with Crippen molar-refractivity contribution in [2.45, 2.75) is 97.5 Å². The van der Waals surface area contributed by atoms with Gasteiger partial charge in [-0.15, -0.1) is 25.3 Å². The van der Waals surface area contributed by atoms with Gasteiger partial charge in [0, 0.05) is 0 Å². The molecule has 0 unspecified atom stereocenters. The summed E-state index contributed by atoms with van der Waals surface area (Å²) in [5.41, 5.74) is -0.933. The van der Waals surface area contributed by atoms with Crippen LogP contribution < -0.4 is 0 Å². The summed E-state index contributed by atoms with van der Waals surface area (Å²) in [5.74, 6) is 1.41. The zero-order chi connectivity index (χ0) is 19.3. The van der Waals surface area contributed by atoms with Crippen LogP contribution >= 0.6 is 25.3 Å². The summed E-state index contributed by atoms with van der Waals surface area (Å²) in [4.78, 5) is 23.4. The maximum Gasteiger partial charge on any atom is 0.217 e. The Kier molecular flexibility index (Phi) is 14.1. The smallest absolute Gasteiger partial charge is 0.217 e. The lowest BCUT2D eigenvalue weighted by atomic mass is 9.89. The summed E-state index contributed by atoms with van der Waals surface area (Å²) in [7, 11) is 0. The largest absolute Gasteiger partial charge is 0.358 e. The van der Waals surface area contributed by atoms with E-state index in [0.717, 1.165) is 38.5 Å². The first-order chi connectivity index (χ1) is 11.7. The molecule has 5 heteroatoms. The third-order valence-corrected chi connectivity index (χ3v) is 5.12. The van der Waals surface area contributed by atoms with Crippen molar-refractivity contribution >= 4 is 35.5 Å². The topological polar surface area (TPSA) is 43.4 Å². The summed E-state index contributed by atoms with van der Waals surface area (Å²) in [6, 6.07) is 0. The minimum atomic E-state index is -0.933. The van der Waals surface area contributed by atoms with E-state index >= 15 is 0 Å². The number of hydrogen-bond acceptors (Lipinski definition) is 3. The molecule has 0 aromatic heterocycles. The molecule has 0 aliphatic carbocycles. The van der Waals surface area contributed by atoms with E-state index < -0.39 is 5.60 Å². The normalized spacial score (nSPS) is 12.2. The summed E-state index contributed by atoms with van der Waals surface area (Å²) >= 11 is 7.87. The van der Waals surface area contributed by atoms with Crippen LogP contribution in [-0.2, 0) is 14.3 Å². The second kappa shape index (κ2) is 14.1. The molecular formula is C20H38O3S2. The average molecular weight is 391 g/mol. The van der Waals surface area contributed by atoms with E-state index in [-0.39, 0.29) is 16.8 Å². The highest BCUT2D eigenvalue weighted by atomic mass is 32.1. The van der Waals surface area contributed by atoms with Crippen molar-refractivity contribution in [3.8, 4) is 0 Å². The highest BCUT2D eigenvalue weighted by Crippen LogP contribution is 2.30. The van der Waals surface area contributed by atoms with Gasteiger partial charge in [0.25, 0.3) is 0 Å². The Morgan fingerprint density at radius 1 is 0.800 bits per heavy atom.